The van der Waals surface area contributed by atoms with Crippen LogP contribution in [0.2, 0.25) is 0 Å². The summed E-state index contributed by atoms with van der Waals surface area (Å²) in [6.07, 6.45) is 1.20. The van der Waals surface area contributed by atoms with Gasteiger partial charge in [-0.2, -0.15) is 9.40 Å². The van der Waals surface area contributed by atoms with Crippen molar-refractivity contribution in [1.29, 1.82) is 0 Å². The number of aromatic nitrogens is 2. The van der Waals surface area contributed by atoms with Crippen LogP contribution in [0.25, 0.3) is 0 Å². The van der Waals surface area contributed by atoms with Gasteiger partial charge in [0.25, 0.3) is 0 Å². The van der Waals surface area contributed by atoms with Gasteiger partial charge in [-0.1, -0.05) is 6.07 Å². The van der Waals surface area contributed by atoms with Crippen molar-refractivity contribution in [2.75, 3.05) is 25.0 Å². The minimum Gasteiger partial charge on any atom is -0.325 e. The third-order valence-corrected chi connectivity index (χ3v) is 6.93. The fourth-order valence-electron chi connectivity index (χ4n) is 3.36. The standard InChI is InChI=1S/C18H24FN5O3S/c1-12-18(13(2)23-22-12)28(26,27)24-8-6-15(7-9-24)20-11-17(25)21-16-5-3-4-14(19)10-16/h3-5,10,15,20H,6-9,11H2,1-2H3,(H,21,25)(H,22,23). The van der Waals surface area contributed by atoms with Gasteiger partial charge in [-0.25, -0.2) is 12.8 Å². The molecule has 1 aliphatic rings. The molecule has 1 aromatic carbocycles. The highest BCUT2D eigenvalue weighted by molar-refractivity contribution is 7.89. The average Bonchev–Trinajstić information content (AvgIpc) is 2.99. The van der Waals surface area contributed by atoms with E-state index in [0.717, 1.165) is 0 Å². The highest BCUT2D eigenvalue weighted by atomic mass is 32.2. The number of anilines is 1. The van der Waals surface area contributed by atoms with Crippen molar-refractivity contribution >= 4 is 21.6 Å². The number of amides is 1. The van der Waals surface area contributed by atoms with E-state index >= 15 is 0 Å². The van der Waals surface area contributed by atoms with Crippen LogP contribution in [0.1, 0.15) is 24.2 Å². The van der Waals surface area contributed by atoms with Crippen LogP contribution < -0.4 is 10.6 Å². The molecule has 1 fully saturated rings. The normalized spacial score (nSPS) is 16.2. The van der Waals surface area contributed by atoms with E-state index in [9.17, 15) is 17.6 Å². The van der Waals surface area contributed by atoms with Crippen LogP contribution in [0, 0.1) is 19.7 Å². The topological polar surface area (TPSA) is 107 Å². The molecule has 2 aromatic rings. The minimum atomic E-state index is -3.58. The zero-order valence-electron chi connectivity index (χ0n) is 15.8. The third kappa shape index (κ3) is 4.57. The summed E-state index contributed by atoms with van der Waals surface area (Å²) < 4.78 is 40.3. The number of carbonyl (C=O) groups excluding carboxylic acids is 1. The number of H-pyrrole nitrogens is 1. The highest BCUT2D eigenvalue weighted by Crippen LogP contribution is 2.24. The zero-order valence-corrected chi connectivity index (χ0v) is 16.6. The average molecular weight is 409 g/mol. The third-order valence-electron chi connectivity index (χ3n) is 4.77. The molecule has 8 nitrogen and oxygen atoms in total. The maximum absolute atomic E-state index is 13.2. The van der Waals surface area contributed by atoms with Crippen LogP contribution in [0.15, 0.2) is 29.2 Å². The number of benzene rings is 1. The molecule has 0 saturated carbocycles. The molecule has 0 bridgehead atoms. The van der Waals surface area contributed by atoms with Crippen LogP contribution in [-0.2, 0) is 14.8 Å². The number of halogens is 1. The predicted molar refractivity (Wildman–Crippen MR) is 103 cm³/mol. The van der Waals surface area contributed by atoms with Gasteiger partial charge in [0, 0.05) is 24.8 Å². The number of hydrogen-bond acceptors (Lipinski definition) is 5. The fraction of sp³-hybridized carbons (Fsp3) is 0.444. The number of rotatable bonds is 6. The molecule has 0 atom stereocenters. The summed E-state index contributed by atoms with van der Waals surface area (Å²) in [5.74, 6) is -0.687. The summed E-state index contributed by atoms with van der Waals surface area (Å²) in [5, 5.41) is 12.4. The molecule has 0 spiro atoms. The first kappa shape index (κ1) is 20.4. The lowest BCUT2D eigenvalue weighted by molar-refractivity contribution is -0.115. The van der Waals surface area contributed by atoms with Gasteiger partial charge in [0.1, 0.15) is 10.7 Å². The van der Waals surface area contributed by atoms with Crippen molar-refractivity contribution in [3.63, 3.8) is 0 Å². The Balaban J connectivity index is 1.50. The van der Waals surface area contributed by atoms with Crippen molar-refractivity contribution in [3.05, 3.63) is 41.5 Å². The monoisotopic (exact) mass is 409 g/mol. The Bertz CT molecular complexity index is 932. The second-order valence-corrected chi connectivity index (χ2v) is 8.76. The number of sulfonamides is 1. The SMILES string of the molecule is Cc1n[nH]c(C)c1S(=O)(=O)N1CCC(NCC(=O)Nc2cccc(F)c2)CC1. The maximum Gasteiger partial charge on any atom is 0.246 e. The lowest BCUT2D eigenvalue weighted by atomic mass is 10.1. The molecule has 3 rings (SSSR count). The fourth-order valence-corrected chi connectivity index (χ4v) is 5.16. The van der Waals surface area contributed by atoms with Crippen molar-refractivity contribution in [3.8, 4) is 0 Å². The van der Waals surface area contributed by atoms with Gasteiger partial charge in [-0.05, 0) is 44.9 Å². The van der Waals surface area contributed by atoms with E-state index in [-0.39, 0.29) is 23.4 Å². The lowest BCUT2D eigenvalue weighted by Gasteiger charge is -2.31. The van der Waals surface area contributed by atoms with E-state index in [1.807, 2.05) is 0 Å². The second kappa shape index (κ2) is 8.38. The number of carbonyl (C=O) groups is 1. The van der Waals surface area contributed by atoms with Gasteiger partial charge in [0.2, 0.25) is 15.9 Å². The molecule has 10 heteroatoms. The van der Waals surface area contributed by atoms with Crippen LogP contribution in [-0.4, -0.2) is 54.5 Å². The molecular weight excluding hydrogens is 385 g/mol. The highest BCUT2D eigenvalue weighted by Gasteiger charge is 2.32. The first-order valence-electron chi connectivity index (χ1n) is 9.08. The molecule has 1 aromatic heterocycles. The summed E-state index contributed by atoms with van der Waals surface area (Å²) in [4.78, 5) is 12.3. The van der Waals surface area contributed by atoms with E-state index in [4.69, 9.17) is 0 Å². The Morgan fingerprint density at radius 2 is 2.04 bits per heavy atom. The first-order chi connectivity index (χ1) is 13.3. The summed E-state index contributed by atoms with van der Waals surface area (Å²) in [5.41, 5.74) is 1.40. The van der Waals surface area contributed by atoms with Gasteiger partial charge in [-0.15, -0.1) is 0 Å². The Kier molecular flexibility index (Phi) is 6.11. The molecule has 152 valence electrons. The Hall–Kier alpha value is -2.30. The number of aryl methyl sites for hydroxylation is 2. The van der Waals surface area contributed by atoms with Crippen LogP contribution in [0.4, 0.5) is 10.1 Å². The van der Waals surface area contributed by atoms with E-state index in [1.165, 1.54) is 22.5 Å². The molecule has 0 aliphatic carbocycles. The van der Waals surface area contributed by atoms with E-state index in [0.29, 0.717) is 43.0 Å². The molecular formula is C18H24FN5O3S. The number of nitrogens with one attached hydrogen (secondary N) is 3. The Morgan fingerprint density at radius 3 is 2.64 bits per heavy atom. The molecule has 1 aliphatic heterocycles. The van der Waals surface area contributed by atoms with Gasteiger partial charge >= 0.3 is 0 Å². The second-order valence-electron chi connectivity index (χ2n) is 6.88. The van der Waals surface area contributed by atoms with Gasteiger partial charge < -0.3 is 10.6 Å². The summed E-state index contributed by atoms with van der Waals surface area (Å²) in [7, 11) is -3.58. The predicted octanol–water partition coefficient (Wildman–Crippen LogP) is 1.55. The van der Waals surface area contributed by atoms with E-state index < -0.39 is 15.8 Å². The summed E-state index contributed by atoms with van der Waals surface area (Å²) in [6.45, 7) is 4.18. The molecule has 0 radical (unpaired) electrons. The van der Waals surface area contributed by atoms with Crippen molar-refractivity contribution in [2.45, 2.75) is 37.6 Å². The summed E-state index contributed by atoms with van der Waals surface area (Å²) in [6, 6.07) is 5.74. The van der Waals surface area contributed by atoms with Crippen molar-refractivity contribution in [2.24, 2.45) is 0 Å². The number of nitrogens with zero attached hydrogens (tertiary/aromatic N) is 2. The number of hydrogen-bond donors (Lipinski definition) is 3. The van der Waals surface area contributed by atoms with Crippen molar-refractivity contribution in [1.82, 2.24) is 19.8 Å². The lowest BCUT2D eigenvalue weighted by Crippen LogP contribution is -2.46. The van der Waals surface area contributed by atoms with Gasteiger partial charge in [0.15, 0.2) is 0 Å². The van der Waals surface area contributed by atoms with Crippen molar-refractivity contribution < 1.29 is 17.6 Å². The molecule has 3 N–H and O–H groups in total. The quantitative estimate of drug-likeness (QED) is 0.671. The zero-order chi connectivity index (χ0) is 20.3. The largest absolute Gasteiger partial charge is 0.325 e. The Morgan fingerprint density at radius 1 is 1.32 bits per heavy atom. The molecule has 1 amide bonds. The van der Waals surface area contributed by atoms with Crippen LogP contribution >= 0.6 is 0 Å². The van der Waals surface area contributed by atoms with Crippen LogP contribution in [0.5, 0.6) is 0 Å². The van der Waals surface area contributed by atoms with E-state index in [1.54, 1.807) is 19.9 Å². The smallest absolute Gasteiger partial charge is 0.246 e. The number of piperidine rings is 1. The maximum atomic E-state index is 13.2. The van der Waals surface area contributed by atoms with Gasteiger partial charge in [0.05, 0.1) is 17.9 Å². The summed E-state index contributed by atoms with van der Waals surface area (Å²) >= 11 is 0. The number of aromatic amines is 1. The minimum absolute atomic E-state index is 0.0382. The molecule has 0 unspecified atom stereocenters. The first-order valence-corrected chi connectivity index (χ1v) is 10.5. The van der Waals surface area contributed by atoms with Gasteiger partial charge in [-0.3, -0.25) is 9.89 Å². The van der Waals surface area contributed by atoms with E-state index in [2.05, 4.69) is 20.8 Å². The molecule has 1 saturated heterocycles. The molecule has 28 heavy (non-hydrogen) atoms. The van der Waals surface area contributed by atoms with Crippen LogP contribution in [0.3, 0.4) is 0 Å². The molecule has 2 heterocycles. The Labute approximate surface area is 163 Å².